The molecule has 2 aromatic carbocycles. The molecule has 1 aliphatic rings. The van der Waals surface area contributed by atoms with Crippen LogP contribution in [0.2, 0.25) is 0 Å². The van der Waals surface area contributed by atoms with Gasteiger partial charge in [0.2, 0.25) is 5.91 Å². The van der Waals surface area contributed by atoms with Crippen LogP contribution in [0.1, 0.15) is 19.1 Å². The molecule has 7 heteroatoms. The first-order valence-corrected chi connectivity index (χ1v) is 9.24. The minimum absolute atomic E-state index is 0.196. The van der Waals surface area contributed by atoms with Crippen LogP contribution in [0.25, 0.3) is 11.3 Å². The molecule has 3 aromatic rings. The number of fused-ring (bicyclic) bond motifs is 1. The Hall–Kier alpha value is -3.61. The number of benzene rings is 2. The van der Waals surface area contributed by atoms with Crippen molar-refractivity contribution < 1.29 is 23.1 Å². The van der Waals surface area contributed by atoms with Gasteiger partial charge in [-0.05, 0) is 49.4 Å². The quantitative estimate of drug-likeness (QED) is 0.673. The van der Waals surface area contributed by atoms with Gasteiger partial charge in [0.1, 0.15) is 23.1 Å². The first-order chi connectivity index (χ1) is 14.0. The number of rotatable bonds is 5. The van der Waals surface area contributed by atoms with Crippen molar-refractivity contribution in [3.05, 3.63) is 66.2 Å². The summed E-state index contributed by atoms with van der Waals surface area (Å²) in [6.07, 6.45) is 0.0227. The summed E-state index contributed by atoms with van der Waals surface area (Å²) in [6, 6.07) is 14.9. The molecular formula is C22H19FN2O4. The molecule has 0 unspecified atom stereocenters. The molecule has 2 N–H and O–H groups in total. The molecule has 0 aliphatic carbocycles. The molecule has 0 radical (unpaired) electrons. The molecule has 148 valence electrons. The van der Waals surface area contributed by atoms with Crippen LogP contribution in [0.4, 0.5) is 15.8 Å². The van der Waals surface area contributed by atoms with Gasteiger partial charge in [0.25, 0.3) is 5.91 Å². The van der Waals surface area contributed by atoms with Crippen LogP contribution in [0.15, 0.2) is 59.0 Å². The van der Waals surface area contributed by atoms with Gasteiger partial charge in [0.15, 0.2) is 6.10 Å². The minimum atomic E-state index is -0.550. The van der Waals surface area contributed by atoms with E-state index in [4.69, 9.17) is 9.15 Å². The van der Waals surface area contributed by atoms with Crippen molar-refractivity contribution in [1.82, 2.24) is 0 Å². The molecule has 0 spiro atoms. The van der Waals surface area contributed by atoms with Crippen LogP contribution in [0.5, 0.6) is 5.75 Å². The third kappa shape index (κ3) is 4.13. The van der Waals surface area contributed by atoms with Gasteiger partial charge >= 0.3 is 0 Å². The average Bonchev–Trinajstić information content (AvgIpc) is 3.17. The van der Waals surface area contributed by atoms with Crippen molar-refractivity contribution in [1.29, 1.82) is 0 Å². The lowest BCUT2D eigenvalue weighted by molar-refractivity contribution is -0.122. The molecule has 6 nitrogen and oxygen atoms in total. The SMILES string of the molecule is C[C@@H]1Oc2ccc(NC(=O)CCc3ccc(-c4ccccc4F)o3)cc2NC1=O. The highest BCUT2D eigenvalue weighted by Gasteiger charge is 2.23. The largest absolute Gasteiger partial charge is 0.479 e. The lowest BCUT2D eigenvalue weighted by Crippen LogP contribution is -2.34. The van der Waals surface area contributed by atoms with E-state index in [0.29, 0.717) is 40.6 Å². The van der Waals surface area contributed by atoms with E-state index in [9.17, 15) is 14.0 Å². The van der Waals surface area contributed by atoms with Crippen LogP contribution in [0.3, 0.4) is 0 Å². The second-order valence-corrected chi connectivity index (χ2v) is 6.75. The Kier molecular flexibility index (Phi) is 5.03. The molecule has 29 heavy (non-hydrogen) atoms. The van der Waals surface area contributed by atoms with Crippen molar-refractivity contribution in [2.75, 3.05) is 10.6 Å². The lowest BCUT2D eigenvalue weighted by Gasteiger charge is -2.23. The third-order valence-corrected chi connectivity index (χ3v) is 4.59. The molecule has 0 bridgehead atoms. The second kappa shape index (κ2) is 7.79. The normalized spacial score (nSPS) is 15.2. The number of carbonyl (C=O) groups is 2. The maximum absolute atomic E-state index is 13.8. The smallest absolute Gasteiger partial charge is 0.265 e. The number of hydrogen-bond donors (Lipinski definition) is 2. The van der Waals surface area contributed by atoms with Crippen LogP contribution in [-0.2, 0) is 16.0 Å². The fourth-order valence-electron chi connectivity index (χ4n) is 3.06. The molecule has 1 atom stereocenters. The number of ether oxygens (including phenoxy) is 1. The van der Waals surface area contributed by atoms with E-state index in [1.165, 1.54) is 6.07 Å². The highest BCUT2D eigenvalue weighted by Crippen LogP contribution is 2.32. The number of furan rings is 1. The number of amides is 2. The van der Waals surface area contributed by atoms with Crippen LogP contribution in [0, 0.1) is 5.82 Å². The molecule has 1 aromatic heterocycles. The van der Waals surface area contributed by atoms with Gasteiger partial charge in [0, 0.05) is 18.5 Å². The Labute approximate surface area is 166 Å². The van der Waals surface area contributed by atoms with Gasteiger partial charge in [0.05, 0.1) is 11.3 Å². The van der Waals surface area contributed by atoms with E-state index in [1.54, 1.807) is 55.5 Å². The van der Waals surface area contributed by atoms with Crippen molar-refractivity contribution in [2.24, 2.45) is 0 Å². The molecule has 2 amide bonds. The van der Waals surface area contributed by atoms with Crippen LogP contribution < -0.4 is 15.4 Å². The van der Waals surface area contributed by atoms with E-state index in [-0.39, 0.29) is 24.1 Å². The van der Waals surface area contributed by atoms with Crippen molar-refractivity contribution >= 4 is 23.2 Å². The summed E-state index contributed by atoms with van der Waals surface area (Å²) in [5, 5.41) is 5.53. The Morgan fingerprint density at radius 2 is 2.00 bits per heavy atom. The van der Waals surface area contributed by atoms with Crippen LogP contribution in [-0.4, -0.2) is 17.9 Å². The fourth-order valence-corrected chi connectivity index (χ4v) is 3.06. The first kappa shape index (κ1) is 18.7. The Morgan fingerprint density at radius 3 is 2.83 bits per heavy atom. The summed E-state index contributed by atoms with van der Waals surface area (Å²) in [4.78, 5) is 24.0. The van der Waals surface area contributed by atoms with Crippen molar-refractivity contribution in [3.63, 3.8) is 0 Å². The topological polar surface area (TPSA) is 80.6 Å². The van der Waals surface area contributed by atoms with Crippen molar-refractivity contribution in [2.45, 2.75) is 25.9 Å². The summed E-state index contributed by atoms with van der Waals surface area (Å²) in [5.74, 6) is 0.793. The predicted octanol–water partition coefficient (Wildman–Crippen LogP) is 4.38. The molecule has 0 saturated carbocycles. The van der Waals surface area contributed by atoms with E-state index in [1.807, 2.05) is 0 Å². The fraction of sp³-hybridized carbons (Fsp3) is 0.182. The summed E-state index contributed by atoms with van der Waals surface area (Å²) in [5.41, 5.74) is 1.46. The highest BCUT2D eigenvalue weighted by atomic mass is 19.1. The summed E-state index contributed by atoms with van der Waals surface area (Å²) in [6.45, 7) is 1.67. The molecule has 1 aliphatic heterocycles. The van der Waals surface area contributed by atoms with Gasteiger partial charge in [-0.1, -0.05) is 12.1 Å². The summed E-state index contributed by atoms with van der Waals surface area (Å²) in [7, 11) is 0. The maximum Gasteiger partial charge on any atom is 0.265 e. The van der Waals surface area contributed by atoms with Gasteiger partial charge in [-0.3, -0.25) is 9.59 Å². The Morgan fingerprint density at radius 1 is 1.17 bits per heavy atom. The van der Waals surface area contributed by atoms with E-state index >= 15 is 0 Å². The van der Waals surface area contributed by atoms with E-state index in [0.717, 1.165) is 0 Å². The first-order valence-electron chi connectivity index (χ1n) is 9.24. The van der Waals surface area contributed by atoms with Crippen molar-refractivity contribution in [3.8, 4) is 17.1 Å². The van der Waals surface area contributed by atoms with Gasteiger partial charge < -0.3 is 19.8 Å². The zero-order chi connectivity index (χ0) is 20.4. The average molecular weight is 394 g/mol. The number of halogens is 1. The molecule has 0 fully saturated rings. The van der Waals surface area contributed by atoms with E-state index in [2.05, 4.69) is 10.6 Å². The Balaban J connectivity index is 1.36. The number of nitrogens with one attached hydrogen (secondary N) is 2. The zero-order valence-corrected chi connectivity index (χ0v) is 15.7. The lowest BCUT2D eigenvalue weighted by atomic mass is 10.1. The number of carbonyl (C=O) groups excluding carboxylic acids is 2. The highest BCUT2D eigenvalue weighted by molar-refractivity contribution is 5.99. The van der Waals surface area contributed by atoms with Gasteiger partial charge in [-0.25, -0.2) is 4.39 Å². The molecule has 4 rings (SSSR count). The van der Waals surface area contributed by atoms with E-state index < -0.39 is 6.10 Å². The standard InChI is InChI=1S/C22H19FN2O4/c1-13-22(27)25-18-12-14(6-9-20(18)28-13)24-21(26)11-8-15-7-10-19(29-15)16-4-2-3-5-17(16)23/h2-7,9-10,12-13H,8,11H2,1H3,(H,24,26)(H,25,27)/t13-/m0/s1. The maximum atomic E-state index is 13.8. The zero-order valence-electron chi connectivity index (χ0n) is 15.7. The third-order valence-electron chi connectivity index (χ3n) is 4.59. The molecular weight excluding hydrogens is 375 g/mol. The number of hydrogen-bond acceptors (Lipinski definition) is 4. The number of aryl methyl sites for hydroxylation is 1. The summed E-state index contributed by atoms with van der Waals surface area (Å²) < 4.78 is 25.0. The monoisotopic (exact) mass is 394 g/mol. The predicted molar refractivity (Wildman–Crippen MR) is 106 cm³/mol. The number of anilines is 2. The van der Waals surface area contributed by atoms with Gasteiger partial charge in [-0.2, -0.15) is 0 Å². The van der Waals surface area contributed by atoms with Crippen LogP contribution >= 0.6 is 0 Å². The molecule has 0 saturated heterocycles. The summed E-state index contributed by atoms with van der Waals surface area (Å²) >= 11 is 0. The minimum Gasteiger partial charge on any atom is -0.479 e. The molecule has 2 heterocycles. The second-order valence-electron chi connectivity index (χ2n) is 6.75. The van der Waals surface area contributed by atoms with Gasteiger partial charge in [-0.15, -0.1) is 0 Å². The Bertz CT molecular complexity index is 1080.